The maximum Gasteiger partial charge on any atom is 0.273 e. The van der Waals surface area contributed by atoms with Crippen LogP contribution in [0.1, 0.15) is 51.1 Å². The quantitative estimate of drug-likeness (QED) is 0.829. The van der Waals surface area contributed by atoms with Crippen LogP contribution < -0.4 is 5.14 Å². The molecule has 2 rings (SSSR count). The van der Waals surface area contributed by atoms with Gasteiger partial charge in [0.1, 0.15) is 5.25 Å². The van der Waals surface area contributed by atoms with Gasteiger partial charge in [-0.2, -0.15) is 0 Å². The van der Waals surface area contributed by atoms with Crippen LogP contribution in [0.2, 0.25) is 0 Å². The number of rotatable bonds is 2. The predicted octanol–water partition coefficient (Wildman–Crippen LogP) is 0.320. The number of hydrogen-bond donors (Lipinski definition) is 1. The molecule has 0 amide bonds. The van der Waals surface area contributed by atoms with Crippen LogP contribution in [0.25, 0.3) is 0 Å². The first-order valence-electron chi connectivity index (χ1n) is 6.65. The fraction of sp³-hybridized carbons (Fsp3) is 0.818. The first-order chi connectivity index (χ1) is 9.44. The molecule has 2 N–H and O–H groups in total. The molecule has 0 spiro atoms. The Morgan fingerprint density at radius 2 is 1.86 bits per heavy atom. The number of nitrogens with two attached hydrogens (primary N) is 1. The van der Waals surface area contributed by atoms with Crippen molar-refractivity contribution in [3.8, 4) is 0 Å². The molecule has 2 heterocycles. The van der Waals surface area contributed by atoms with E-state index >= 15 is 0 Å². The number of sulfonamides is 1. The van der Waals surface area contributed by atoms with Crippen LogP contribution in [0.5, 0.6) is 0 Å². The first-order valence-corrected chi connectivity index (χ1v) is 9.91. The van der Waals surface area contributed by atoms with E-state index in [1.807, 2.05) is 0 Å². The van der Waals surface area contributed by atoms with E-state index in [9.17, 15) is 16.8 Å². The van der Waals surface area contributed by atoms with E-state index in [0.717, 1.165) is 6.42 Å². The monoisotopic (exact) mass is 336 g/mol. The molecule has 0 aliphatic carbocycles. The Balaban J connectivity index is 2.68. The molecule has 1 aromatic rings. The lowest BCUT2D eigenvalue weighted by atomic mass is 10.1. The van der Waals surface area contributed by atoms with Gasteiger partial charge in [-0.25, -0.2) is 22.0 Å². The lowest BCUT2D eigenvalue weighted by Crippen LogP contribution is -2.33. The van der Waals surface area contributed by atoms with Crippen LogP contribution in [-0.4, -0.2) is 37.4 Å². The van der Waals surface area contributed by atoms with Gasteiger partial charge in [0, 0.05) is 5.54 Å². The fourth-order valence-corrected chi connectivity index (χ4v) is 5.22. The highest BCUT2D eigenvalue weighted by Gasteiger charge is 2.38. The van der Waals surface area contributed by atoms with Crippen molar-refractivity contribution < 1.29 is 16.8 Å². The van der Waals surface area contributed by atoms with Crippen LogP contribution in [-0.2, 0) is 25.4 Å². The van der Waals surface area contributed by atoms with Gasteiger partial charge >= 0.3 is 0 Å². The van der Waals surface area contributed by atoms with Crippen LogP contribution in [0.3, 0.4) is 0 Å². The third kappa shape index (κ3) is 3.11. The number of nitrogens with zero attached hydrogens (tertiary/aromatic N) is 3. The van der Waals surface area contributed by atoms with Crippen LogP contribution in [0, 0.1) is 0 Å². The number of primary sulfonamides is 1. The predicted molar refractivity (Wildman–Crippen MR) is 76.8 cm³/mol. The van der Waals surface area contributed by atoms with Crippen molar-refractivity contribution >= 4 is 19.9 Å². The van der Waals surface area contributed by atoms with Gasteiger partial charge in [0.25, 0.3) is 15.2 Å². The molecule has 8 nitrogen and oxygen atoms in total. The Bertz CT molecular complexity index is 744. The van der Waals surface area contributed by atoms with Crippen molar-refractivity contribution in [3.63, 3.8) is 0 Å². The Kier molecular flexibility index (Phi) is 3.92. The fourth-order valence-electron chi connectivity index (χ4n) is 2.55. The van der Waals surface area contributed by atoms with Gasteiger partial charge in [0.15, 0.2) is 15.7 Å². The second-order valence-electron chi connectivity index (χ2n) is 6.24. The lowest BCUT2D eigenvalue weighted by Gasteiger charge is -2.28. The van der Waals surface area contributed by atoms with Gasteiger partial charge < -0.3 is 0 Å². The van der Waals surface area contributed by atoms with Crippen LogP contribution >= 0.6 is 0 Å². The summed E-state index contributed by atoms with van der Waals surface area (Å²) >= 11 is 0. The van der Waals surface area contributed by atoms with E-state index in [1.54, 1.807) is 20.8 Å². The molecule has 1 atom stereocenters. The van der Waals surface area contributed by atoms with Crippen molar-refractivity contribution in [3.05, 3.63) is 5.82 Å². The van der Waals surface area contributed by atoms with Crippen molar-refractivity contribution in [2.75, 3.05) is 5.75 Å². The van der Waals surface area contributed by atoms with Crippen molar-refractivity contribution in [2.45, 2.75) is 56.0 Å². The van der Waals surface area contributed by atoms with Crippen LogP contribution in [0.15, 0.2) is 5.16 Å². The summed E-state index contributed by atoms with van der Waals surface area (Å²) < 4.78 is 49.2. The summed E-state index contributed by atoms with van der Waals surface area (Å²) in [4.78, 5) is 0. The average molecular weight is 336 g/mol. The summed E-state index contributed by atoms with van der Waals surface area (Å²) in [6, 6.07) is 0. The van der Waals surface area contributed by atoms with E-state index in [2.05, 4.69) is 10.2 Å². The van der Waals surface area contributed by atoms with Gasteiger partial charge in [-0.05, 0) is 33.6 Å². The minimum Gasteiger partial charge on any atom is -0.294 e. The normalized spacial score (nSPS) is 23.1. The molecule has 0 aromatic carbocycles. The van der Waals surface area contributed by atoms with E-state index in [0.29, 0.717) is 12.8 Å². The SMILES string of the molecule is CC(C)(C)n1c(C2CCCCS2(=O)=O)nnc1S(N)(=O)=O. The van der Waals surface area contributed by atoms with Crippen LogP contribution in [0.4, 0.5) is 0 Å². The van der Waals surface area contributed by atoms with Gasteiger partial charge in [-0.3, -0.25) is 4.57 Å². The molecule has 1 unspecified atom stereocenters. The molecule has 1 aliphatic heterocycles. The lowest BCUT2D eigenvalue weighted by molar-refractivity contribution is 0.345. The molecule has 1 aliphatic rings. The topological polar surface area (TPSA) is 125 Å². The zero-order chi connectivity index (χ0) is 16.1. The molecule has 10 heteroatoms. The minimum atomic E-state index is -4.08. The maximum absolute atomic E-state index is 12.3. The highest BCUT2D eigenvalue weighted by molar-refractivity contribution is 7.91. The van der Waals surface area contributed by atoms with Crippen molar-refractivity contribution in [1.29, 1.82) is 0 Å². The second-order valence-corrected chi connectivity index (χ2v) is 10.0. The standard InChI is InChI=1S/C11H20N4O4S2/c1-11(2,3)15-9(13-14-10(15)21(12,18)19)8-6-4-5-7-20(8,16)17/h8H,4-7H2,1-3H3,(H2,12,18,19). The molecule has 120 valence electrons. The highest BCUT2D eigenvalue weighted by atomic mass is 32.2. The summed E-state index contributed by atoms with van der Waals surface area (Å²) in [6.07, 6.45) is 1.79. The first kappa shape index (κ1) is 16.4. The van der Waals surface area contributed by atoms with E-state index in [-0.39, 0.29) is 11.6 Å². The summed E-state index contributed by atoms with van der Waals surface area (Å²) in [5.74, 6) is 0.241. The summed E-state index contributed by atoms with van der Waals surface area (Å²) in [5, 5.41) is 11.4. The minimum absolute atomic E-state index is 0.0827. The zero-order valence-electron chi connectivity index (χ0n) is 12.3. The van der Waals surface area contributed by atoms with Gasteiger partial charge in [0.2, 0.25) is 0 Å². The second kappa shape index (κ2) is 5.03. The summed E-state index contributed by atoms with van der Waals surface area (Å²) in [7, 11) is -7.43. The molecule has 0 bridgehead atoms. The molecule has 1 aromatic heterocycles. The van der Waals surface area contributed by atoms with E-state index in [1.165, 1.54) is 4.57 Å². The molecule has 21 heavy (non-hydrogen) atoms. The number of sulfone groups is 1. The smallest absolute Gasteiger partial charge is 0.273 e. The molecule has 1 saturated heterocycles. The Morgan fingerprint density at radius 3 is 2.33 bits per heavy atom. The van der Waals surface area contributed by atoms with E-state index < -0.39 is 35.8 Å². The third-order valence-electron chi connectivity index (χ3n) is 3.45. The molecule has 0 radical (unpaired) electrons. The Morgan fingerprint density at radius 1 is 1.24 bits per heavy atom. The maximum atomic E-state index is 12.3. The molecule has 1 fully saturated rings. The van der Waals surface area contributed by atoms with Gasteiger partial charge in [0.05, 0.1) is 5.75 Å². The van der Waals surface area contributed by atoms with Gasteiger partial charge in [-0.15, -0.1) is 10.2 Å². The number of hydrogen-bond acceptors (Lipinski definition) is 6. The van der Waals surface area contributed by atoms with Gasteiger partial charge in [-0.1, -0.05) is 6.42 Å². The zero-order valence-corrected chi connectivity index (χ0v) is 13.9. The molecular weight excluding hydrogens is 316 g/mol. The number of aromatic nitrogens is 3. The Labute approximate surface area is 124 Å². The molecular formula is C11H20N4O4S2. The molecule has 0 saturated carbocycles. The Hall–Kier alpha value is -1.00. The third-order valence-corrected chi connectivity index (χ3v) is 6.39. The van der Waals surface area contributed by atoms with Crippen molar-refractivity contribution in [2.24, 2.45) is 5.14 Å². The average Bonchev–Trinajstić information content (AvgIpc) is 2.71. The van der Waals surface area contributed by atoms with Crippen molar-refractivity contribution in [1.82, 2.24) is 14.8 Å². The van der Waals surface area contributed by atoms with E-state index in [4.69, 9.17) is 5.14 Å². The largest absolute Gasteiger partial charge is 0.294 e. The summed E-state index contributed by atoms with van der Waals surface area (Å²) in [5.41, 5.74) is -0.701. The highest BCUT2D eigenvalue weighted by Crippen LogP contribution is 2.35. The summed E-state index contributed by atoms with van der Waals surface area (Å²) in [6.45, 7) is 5.26.